The lowest BCUT2D eigenvalue weighted by Crippen LogP contribution is -2.18. The number of hydrogen-bond donors (Lipinski definition) is 1. The van der Waals surface area contributed by atoms with Crippen LogP contribution >= 0.6 is 23.2 Å². The fourth-order valence-electron chi connectivity index (χ4n) is 2.41. The average Bonchev–Trinajstić information content (AvgIpc) is 2.77. The lowest BCUT2D eigenvalue weighted by Gasteiger charge is -2.18. The van der Waals surface area contributed by atoms with Gasteiger partial charge in [-0.05, 0) is 17.5 Å². The van der Waals surface area contributed by atoms with Crippen LogP contribution in [0.3, 0.4) is 0 Å². The van der Waals surface area contributed by atoms with E-state index in [1.807, 2.05) is 12.1 Å². The number of anilines is 1. The maximum atomic E-state index is 6.44. The molecule has 0 radical (unpaired) electrons. The minimum absolute atomic E-state index is 0.0232. The molecule has 1 aromatic heterocycles. The first-order valence-electron chi connectivity index (χ1n) is 6.24. The van der Waals surface area contributed by atoms with Gasteiger partial charge in [0.05, 0.1) is 24.7 Å². The zero-order valence-electron chi connectivity index (χ0n) is 10.8. The van der Waals surface area contributed by atoms with Crippen LogP contribution in [0.1, 0.15) is 17.2 Å². The highest BCUT2D eigenvalue weighted by Crippen LogP contribution is 2.38. The van der Waals surface area contributed by atoms with Crippen molar-refractivity contribution in [2.24, 2.45) is 0 Å². The van der Waals surface area contributed by atoms with Crippen molar-refractivity contribution < 1.29 is 4.74 Å². The van der Waals surface area contributed by atoms with Gasteiger partial charge in [0.1, 0.15) is 5.02 Å². The highest BCUT2D eigenvalue weighted by Gasteiger charge is 2.31. The third kappa shape index (κ3) is 2.41. The number of ether oxygens (including phenoxy) is 1. The van der Waals surface area contributed by atoms with Crippen LogP contribution < -0.4 is 10.1 Å². The molecule has 1 aliphatic rings. The highest BCUT2D eigenvalue weighted by molar-refractivity contribution is 6.32. The van der Waals surface area contributed by atoms with Crippen LogP contribution in [-0.2, 0) is 6.42 Å². The normalized spacial score (nSPS) is 20.6. The summed E-state index contributed by atoms with van der Waals surface area (Å²) in [6.07, 6.45) is 2.34. The van der Waals surface area contributed by atoms with Crippen molar-refractivity contribution in [1.29, 1.82) is 0 Å². The SMILES string of the molecule is COc1ncc(Cl)c(NC2c3ccccc3CC2Cl)n1. The van der Waals surface area contributed by atoms with Gasteiger partial charge < -0.3 is 10.1 Å². The molecule has 0 saturated heterocycles. The number of alkyl halides is 1. The van der Waals surface area contributed by atoms with Gasteiger partial charge in [0, 0.05) is 0 Å². The summed E-state index contributed by atoms with van der Waals surface area (Å²) in [5.41, 5.74) is 2.43. The summed E-state index contributed by atoms with van der Waals surface area (Å²) < 4.78 is 5.02. The standard InChI is InChI=1S/C14H13Cl2N3O/c1-20-14-17-7-11(16)13(19-14)18-12-9-5-3-2-4-8(9)6-10(12)15/h2-5,7,10,12H,6H2,1H3,(H,17,18,19). The predicted octanol–water partition coefficient (Wildman–Crippen LogP) is 3.46. The molecule has 1 N–H and O–H groups in total. The molecule has 104 valence electrons. The molecule has 2 atom stereocenters. The van der Waals surface area contributed by atoms with Crippen molar-refractivity contribution in [3.8, 4) is 6.01 Å². The monoisotopic (exact) mass is 309 g/mol. The molecule has 3 rings (SSSR count). The fourth-order valence-corrected chi connectivity index (χ4v) is 2.92. The van der Waals surface area contributed by atoms with E-state index in [2.05, 4.69) is 27.4 Å². The zero-order chi connectivity index (χ0) is 14.1. The van der Waals surface area contributed by atoms with E-state index in [0.717, 1.165) is 6.42 Å². The molecule has 6 heteroatoms. The molecular formula is C14H13Cl2N3O. The Bertz CT molecular complexity index is 636. The van der Waals surface area contributed by atoms with Crippen molar-refractivity contribution in [3.63, 3.8) is 0 Å². The van der Waals surface area contributed by atoms with Gasteiger partial charge in [0.2, 0.25) is 0 Å². The van der Waals surface area contributed by atoms with Gasteiger partial charge in [-0.1, -0.05) is 35.9 Å². The Kier molecular flexibility index (Phi) is 3.68. The molecule has 0 fully saturated rings. The van der Waals surface area contributed by atoms with Crippen molar-refractivity contribution >= 4 is 29.0 Å². The number of nitrogens with one attached hydrogen (secondary N) is 1. The van der Waals surface area contributed by atoms with Crippen LogP contribution in [0.25, 0.3) is 0 Å². The molecule has 20 heavy (non-hydrogen) atoms. The van der Waals surface area contributed by atoms with E-state index in [9.17, 15) is 0 Å². The Hall–Kier alpha value is -1.52. The Morgan fingerprint density at radius 3 is 2.95 bits per heavy atom. The third-order valence-electron chi connectivity index (χ3n) is 3.36. The lowest BCUT2D eigenvalue weighted by molar-refractivity contribution is 0.380. The number of benzene rings is 1. The Morgan fingerprint density at radius 2 is 2.15 bits per heavy atom. The van der Waals surface area contributed by atoms with Gasteiger partial charge >= 0.3 is 6.01 Å². The van der Waals surface area contributed by atoms with Crippen molar-refractivity contribution in [3.05, 3.63) is 46.6 Å². The summed E-state index contributed by atoms with van der Waals surface area (Å²) in [6.45, 7) is 0. The number of fused-ring (bicyclic) bond motifs is 1. The van der Waals surface area contributed by atoms with E-state index >= 15 is 0 Å². The van der Waals surface area contributed by atoms with E-state index in [1.165, 1.54) is 24.4 Å². The molecule has 0 saturated carbocycles. The first-order valence-corrected chi connectivity index (χ1v) is 7.05. The second-order valence-electron chi connectivity index (χ2n) is 4.59. The van der Waals surface area contributed by atoms with Crippen molar-refractivity contribution in [2.45, 2.75) is 17.8 Å². The van der Waals surface area contributed by atoms with E-state index in [1.54, 1.807) is 0 Å². The zero-order valence-corrected chi connectivity index (χ0v) is 12.3. The lowest BCUT2D eigenvalue weighted by atomic mass is 10.1. The number of nitrogens with zero attached hydrogens (tertiary/aromatic N) is 2. The van der Waals surface area contributed by atoms with Crippen LogP contribution in [0.2, 0.25) is 5.02 Å². The fraction of sp³-hybridized carbons (Fsp3) is 0.286. The third-order valence-corrected chi connectivity index (χ3v) is 4.05. The number of aromatic nitrogens is 2. The topological polar surface area (TPSA) is 47.0 Å². The van der Waals surface area contributed by atoms with Crippen LogP contribution in [-0.4, -0.2) is 22.5 Å². The number of hydrogen-bond acceptors (Lipinski definition) is 4. The molecule has 1 aromatic carbocycles. The summed E-state index contributed by atoms with van der Waals surface area (Å²) in [6, 6.07) is 8.44. The molecule has 0 aliphatic heterocycles. The predicted molar refractivity (Wildman–Crippen MR) is 79.7 cm³/mol. The number of methoxy groups -OCH3 is 1. The average molecular weight is 310 g/mol. The number of halogens is 2. The molecular weight excluding hydrogens is 297 g/mol. The van der Waals surface area contributed by atoms with Gasteiger partial charge in [0.25, 0.3) is 0 Å². The summed E-state index contributed by atoms with van der Waals surface area (Å²) in [5, 5.41) is 3.70. The van der Waals surface area contributed by atoms with Crippen molar-refractivity contribution in [1.82, 2.24) is 9.97 Å². The van der Waals surface area contributed by atoms with E-state index in [-0.39, 0.29) is 17.4 Å². The molecule has 1 heterocycles. The molecule has 2 unspecified atom stereocenters. The van der Waals surface area contributed by atoms with Crippen LogP contribution in [0.4, 0.5) is 5.82 Å². The molecule has 1 aliphatic carbocycles. The van der Waals surface area contributed by atoms with Crippen molar-refractivity contribution in [2.75, 3.05) is 12.4 Å². The van der Waals surface area contributed by atoms with Crippen LogP contribution in [0.5, 0.6) is 6.01 Å². The smallest absolute Gasteiger partial charge is 0.318 e. The molecule has 4 nitrogen and oxygen atoms in total. The van der Waals surface area contributed by atoms with Gasteiger partial charge in [-0.3, -0.25) is 0 Å². The Labute approximate surface area is 127 Å². The quantitative estimate of drug-likeness (QED) is 0.882. The Balaban J connectivity index is 1.92. The van der Waals surface area contributed by atoms with Gasteiger partial charge in [-0.2, -0.15) is 4.98 Å². The first-order chi connectivity index (χ1) is 9.69. The van der Waals surface area contributed by atoms with E-state index in [0.29, 0.717) is 10.8 Å². The molecule has 2 aromatic rings. The second kappa shape index (κ2) is 5.46. The summed E-state index contributed by atoms with van der Waals surface area (Å²) in [4.78, 5) is 8.18. The minimum atomic E-state index is -0.0376. The van der Waals surface area contributed by atoms with E-state index in [4.69, 9.17) is 27.9 Å². The molecule has 0 amide bonds. The summed E-state index contributed by atoms with van der Waals surface area (Å²) in [7, 11) is 1.52. The summed E-state index contributed by atoms with van der Waals surface area (Å²) >= 11 is 12.6. The molecule has 0 bridgehead atoms. The molecule has 0 spiro atoms. The van der Waals surface area contributed by atoms with Gasteiger partial charge in [-0.15, -0.1) is 11.6 Å². The highest BCUT2D eigenvalue weighted by atomic mass is 35.5. The van der Waals surface area contributed by atoms with Crippen LogP contribution in [0.15, 0.2) is 30.5 Å². The summed E-state index contributed by atoms with van der Waals surface area (Å²) in [5.74, 6) is 0.533. The minimum Gasteiger partial charge on any atom is -0.467 e. The maximum absolute atomic E-state index is 6.44. The number of rotatable bonds is 3. The van der Waals surface area contributed by atoms with E-state index < -0.39 is 0 Å². The maximum Gasteiger partial charge on any atom is 0.318 e. The van der Waals surface area contributed by atoms with Gasteiger partial charge in [-0.25, -0.2) is 4.98 Å². The van der Waals surface area contributed by atoms with Crippen LogP contribution in [0, 0.1) is 0 Å². The first kappa shape index (κ1) is 13.5. The second-order valence-corrected chi connectivity index (χ2v) is 5.56. The largest absolute Gasteiger partial charge is 0.467 e. The Morgan fingerprint density at radius 1 is 1.35 bits per heavy atom. The van der Waals surface area contributed by atoms with Gasteiger partial charge in [0.15, 0.2) is 5.82 Å².